The van der Waals surface area contributed by atoms with Crippen LogP contribution in [-0.4, -0.2) is 25.1 Å². The molecule has 0 aliphatic rings. The van der Waals surface area contributed by atoms with Gasteiger partial charge in [-0.15, -0.1) is 0 Å². The van der Waals surface area contributed by atoms with Gasteiger partial charge in [-0.05, 0) is 54.8 Å². The van der Waals surface area contributed by atoms with Gasteiger partial charge in [0.2, 0.25) is 10.0 Å². The molecule has 0 bridgehead atoms. The molecule has 0 saturated carbocycles. The molecule has 3 aromatic rings. The number of aromatic nitrogens is 2. The summed E-state index contributed by atoms with van der Waals surface area (Å²) >= 11 is 0. The van der Waals surface area contributed by atoms with Crippen LogP contribution in [0.15, 0.2) is 53.8 Å². The average molecular weight is 403 g/mol. The van der Waals surface area contributed by atoms with E-state index >= 15 is 0 Å². The zero-order chi connectivity index (χ0) is 20.3. The Balaban J connectivity index is 2.08. The zero-order valence-electron chi connectivity index (χ0n) is 15.7. The number of hydrogen-bond acceptors (Lipinski definition) is 4. The number of ether oxygens (including phenoxy) is 1. The van der Waals surface area contributed by atoms with E-state index in [9.17, 15) is 12.8 Å². The van der Waals surface area contributed by atoms with E-state index in [1.165, 1.54) is 19.2 Å². The number of methoxy groups -OCH3 is 1. The lowest BCUT2D eigenvalue weighted by Gasteiger charge is -2.13. The first kappa shape index (κ1) is 20.0. The number of nitrogens with zero attached hydrogens (tertiary/aromatic N) is 2. The minimum absolute atomic E-state index is 0.127. The SMILES string of the molecule is CCCCc1cc(-n2cncc2-c2ccc(OC)c(F)c2)ccc1S(N)(=O)=O. The average Bonchev–Trinajstić information content (AvgIpc) is 3.15. The van der Waals surface area contributed by atoms with Gasteiger partial charge in [0.25, 0.3) is 0 Å². The van der Waals surface area contributed by atoms with Gasteiger partial charge in [-0.2, -0.15) is 0 Å². The first-order valence-corrected chi connectivity index (χ1v) is 10.4. The number of nitrogens with two attached hydrogens (primary N) is 1. The molecule has 2 N–H and O–H groups in total. The van der Waals surface area contributed by atoms with Crippen molar-refractivity contribution in [3.63, 3.8) is 0 Å². The molecule has 1 aromatic heterocycles. The maximum Gasteiger partial charge on any atom is 0.238 e. The van der Waals surface area contributed by atoms with E-state index in [4.69, 9.17) is 9.88 Å². The van der Waals surface area contributed by atoms with Crippen LogP contribution < -0.4 is 9.88 Å². The van der Waals surface area contributed by atoms with E-state index in [2.05, 4.69) is 4.98 Å². The fourth-order valence-electron chi connectivity index (χ4n) is 3.10. The van der Waals surface area contributed by atoms with Gasteiger partial charge in [0.05, 0.1) is 30.2 Å². The number of sulfonamides is 1. The predicted octanol–water partition coefficient (Wildman–Crippen LogP) is 3.68. The fraction of sp³-hybridized carbons (Fsp3) is 0.250. The summed E-state index contributed by atoms with van der Waals surface area (Å²) in [6.07, 6.45) is 5.59. The van der Waals surface area contributed by atoms with Crippen molar-refractivity contribution in [3.8, 4) is 22.7 Å². The van der Waals surface area contributed by atoms with Crippen molar-refractivity contribution < 1.29 is 17.5 Å². The molecule has 0 aliphatic heterocycles. The molecule has 0 amide bonds. The predicted molar refractivity (Wildman–Crippen MR) is 105 cm³/mol. The van der Waals surface area contributed by atoms with Gasteiger partial charge in [-0.25, -0.2) is 22.9 Å². The number of rotatable bonds is 7. The molecule has 0 saturated heterocycles. The summed E-state index contributed by atoms with van der Waals surface area (Å²) in [6, 6.07) is 9.64. The van der Waals surface area contributed by atoms with Crippen LogP contribution in [0.1, 0.15) is 25.3 Å². The van der Waals surface area contributed by atoms with Crippen LogP contribution in [0.25, 0.3) is 16.9 Å². The summed E-state index contributed by atoms with van der Waals surface area (Å²) in [5.41, 5.74) is 2.68. The summed E-state index contributed by atoms with van der Waals surface area (Å²) in [6.45, 7) is 2.03. The molecule has 0 aliphatic carbocycles. The van der Waals surface area contributed by atoms with Crippen molar-refractivity contribution in [2.75, 3.05) is 7.11 Å². The van der Waals surface area contributed by atoms with Crippen LogP contribution in [-0.2, 0) is 16.4 Å². The third-order valence-corrected chi connectivity index (χ3v) is 5.53. The molecule has 6 nitrogen and oxygen atoms in total. The Kier molecular flexibility index (Phi) is 5.81. The highest BCUT2D eigenvalue weighted by molar-refractivity contribution is 7.89. The van der Waals surface area contributed by atoms with E-state index in [1.807, 2.05) is 6.92 Å². The second-order valence-corrected chi connectivity index (χ2v) is 7.97. The molecule has 0 radical (unpaired) electrons. The number of halogens is 1. The number of aryl methyl sites for hydroxylation is 1. The second-order valence-electron chi connectivity index (χ2n) is 6.44. The lowest BCUT2D eigenvalue weighted by atomic mass is 10.1. The topological polar surface area (TPSA) is 87.2 Å². The summed E-state index contributed by atoms with van der Waals surface area (Å²) in [5, 5.41) is 5.36. The molecule has 28 heavy (non-hydrogen) atoms. The molecule has 3 rings (SSSR count). The van der Waals surface area contributed by atoms with Crippen molar-refractivity contribution in [2.24, 2.45) is 5.14 Å². The first-order chi connectivity index (χ1) is 13.3. The Morgan fingerprint density at radius 3 is 2.64 bits per heavy atom. The lowest BCUT2D eigenvalue weighted by Crippen LogP contribution is -2.15. The molecule has 0 fully saturated rings. The van der Waals surface area contributed by atoms with Gasteiger partial charge in [0.1, 0.15) is 0 Å². The summed E-state index contributed by atoms with van der Waals surface area (Å²) in [5.74, 6) is -0.310. The van der Waals surface area contributed by atoms with Crippen LogP contribution in [0.2, 0.25) is 0 Å². The monoisotopic (exact) mass is 403 g/mol. The van der Waals surface area contributed by atoms with Crippen LogP contribution in [0, 0.1) is 5.82 Å². The van der Waals surface area contributed by atoms with Crippen LogP contribution in [0.5, 0.6) is 5.75 Å². The third kappa shape index (κ3) is 4.07. The van der Waals surface area contributed by atoms with Gasteiger partial charge >= 0.3 is 0 Å². The van der Waals surface area contributed by atoms with Crippen LogP contribution in [0.3, 0.4) is 0 Å². The van der Waals surface area contributed by atoms with Crippen molar-refractivity contribution >= 4 is 10.0 Å². The van der Waals surface area contributed by atoms with Crippen molar-refractivity contribution in [1.29, 1.82) is 0 Å². The highest BCUT2D eigenvalue weighted by atomic mass is 32.2. The minimum atomic E-state index is -3.81. The Bertz CT molecular complexity index is 1090. The molecule has 0 atom stereocenters. The Labute approximate surface area is 163 Å². The Hall–Kier alpha value is -2.71. The van der Waals surface area contributed by atoms with Crippen molar-refractivity contribution in [3.05, 3.63) is 60.3 Å². The van der Waals surface area contributed by atoms with Crippen molar-refractivity contribution in [1.82, 2.24) is 9.55 Å². The molecule has 0 spiro atoms. The van der Waals surface area contributed by atoms with Crippen molar-refractivity contribution in [2.45, 2.75) is 31.1 Å². The number of unbranched alkanes of at least 4 members (excludes halogenated alkanes) is 1. The highest BCUT2D eigenvalue weighted by Crippen LogP contribution is 2.28. The van der Waals surface area contributed by atoms with Crippen LogP contribution in [0.4, 0.5) is 4.39 Å². The van der Waals surface area contributed by atoms with E-state index in [-0.39, 0.29) is 10.6 Å². The highest BCUT2D eigenvalue weighted by Gasteiger charge is 2.16. The molecular formula is C20H22FN3O3S. The number of primary sulfonamides is 1. The molecule has 8 heteroatoms. The molecule has 0 unspecified atom stereocenters. The number of imidazole rings is 1. The first-order valence-electron chi connectivity index (χ1n) is 8.87. The van der Waals surface area contributed by atoms with Gasteiger partial charge < -0.3 is 4.74 Å². The standard InChI is InChI=1S/C20H22FN3O3S/c1-3-4-5-15-10-16(7-9-20(15)28(22,25)26)24-13-23-12-18(24)14-6-8-19(27-2)17(21)11-14/h6-13H,3-5H2,1-2H3,(H2,22,25,26). The second kappa shape index (κ2) is 8.12. The maximum atomic E-state index is 14.1. The third-order valence-electron chi connectivity index (χ3n) is 4.51. The van der Waals surface area contributed by atoms with E-state index in [0.717, 1.165) is 18.5 Å². The Morgan fingerprint density at radius 2 is 2.00 bits per heavy atom. The lowest BCUT2D eigenvalue weighted by molar-refractivity contribution is 0.386. The fourth-order valence-corrected chi connectivity index (χ4v) is 3.88. The zero-order valence-corrected chi connectivity index (χ0v) is 16.5. The number of benzene rings is 2. The normalized spacial score (nSPS) is 11.6. The Morgan fingerprint density at radius 1 is 1.21 bits per heavy atom. The maximum absolute atomic E-state index is 14.1. The molecule has 148 valence electrons. The molecular weight excluding hydrogens is 381 g/mol. The van der Waals surface area contributed by atoms with Gasteiger partial charge in [-0.1, -0.05) is 13.3 Å². The summed E-state index contributed by atoms with van der Waals surface area (Å²) in [4.78, 5) is 4.30. The van der Waals surface area contributed by atoms with Gasteiger partial charge in [0, 0.05) is 11.3 Å². The smallest absolute Gasteiger partial charge is 0.238 e. The van der Waals surface area contributed by atoms with Gasteiger partial charge in [-0.3, -0.25) is 4.57 Å². The summed E-state index contributed by atoms with van der Waals surface area (Å²) < 4.78 is 44.7. The van der Waals surface area contributed by atoms with E-state index in [0.29, 0.717) is 23.2 Å². The number of hydrogen-bond donors (Lipinski definition) is 1. The molecule has 2 aromatic carbocycles. The largest absolute Gasteiger partial charge is 0.494 e. The minimum Gasteiger partial charge on any atom is -0.494 e. The van der Waals surface area contributed by atoms with E-state index < -0.39 is 15.8 Å². The summed E-state index contributed by atoms with van der Waals surface area (Å²) in [7, 11) is -2.40. The quantitative estimate of drug-likeness (QED) is 0.652. The molecule has 1 heterocycles. The van der Waals surface area contributed by atoms with Crippen LogP contribution >= 0.6 is 0 Å². The van der Waals surface area contributed by atoms with E-state index in [1.54, 1.807) is 41.4 Å². The van der Waals surface area contributed by atoms with Gasteiger partial charge in [0.15, 0.2) is 11.6 Å².